The average Bonchev–Trinajstić information content (AvgIpc) is 2.69. The molecule has 1 saturated heterocycles. The summed E-state index contributed by atoms with van der Waals surface area (Å²) >= 11 is 0. The van der Waals surface area contributed by atoms with Crippen LogP contribution < -0.4 is 5.32 Å². The van der Waals surface area contributed by atoms with E-state index in [1.54, 1.807) is 0 Å². The van der Waals surface area contributed by atoms with Gasteiger partial charge in [-0.2, -0.15) is 0 Å². The highest BCUT2D eigenvalue weighted by Crippen LogP contribution is 2.17. The molecule has 1 N–H and O–H groups in total. The van der Waals surface area contributed by atoms with Crippen molar-refractivity contribution in [3.05, 3.63) is 42.1 Å². The molecule has 0 radical (unpaired) electrons. The van der Waals surface area contributed by atoms with Crippen LogP contribution >= 0.6 is 0 Å². The smallest absolute Gasteiger partial charge is 0.0734 e. The summed E-state index contributed by atoms with van der Waals surface area (Å²) in [5.74, 6) is 0. The van der Waals surface area contributed by atoms with Gasteiger partial charge >= 0.3 is 0 Å². The maximum Gasteiger partial charge on any atom is 0.0734 e. The Morgan fingerprint density at radius 2 is 2.20 bits per heavy atom. The summed E-state index contributed by atoms with van der Waals surface area (Å²) in [5.41, 5.74) is 2.53. The molecule has 1 unspecified atom stereocenters. The molecule has 0 aliphatic carbocycles. The number of hydrogen-bond donors (Lipinski definition) is 1. The zero-order valence-corrected chi connectivity index (χ0v) is 12.2. The number of para-hydroxylation sites is 1. The third-order valence-corrected chi connectivity index (χ3v) is 4.09. The van der Waals surface area contributed by atoms with Crippen molar-refractivity contribution in [1.29, 1.82) is 0 Å². The molecule has 1 aliphatic rings. The molecule has 3 nitrogen and oxygen atoms in total. The van der Waals surface area contributed by atoms with Crippen LogP contribution in [0.3, 0.4) is 0 Å². The van der Waals surface area contributed by atoms with Gasteiger partial charge in [-0.05, 0) is 44.5 Å². The molecule has 0 bridgehead atoms. The zero-order chi connectivity index (χ0) is 13.8. The van der Waals surface area contributed by atoms with Crippen LogP contribution in [0.1, 0.15) is 18.9 Å². The van der Waals surface area contributed by atoms with Crippen molar-refractivity contribution in [3.63, 3.8) is 0 Å². The molecule has 1 aliphatic heterocycles. The van der Waals surface area contributed by atoms with Crippen LogP contribution in [-0.2, 0) is 6.42 Å². The third kappa shape index (κ3) is 3.17. The minimum atomic E-state index is 0.600. The van der Waals surface area contributed by atoms with Crippen molar-refractivity contribution in [2.45, 2.75) is 25.8 Å². The number of aromatic nitrogens is 1. The first-order valence-corrected chi connectivity index (χ1v) is 7.61. The second kappa shape index (κ2) is 6.33. The van der Waals surface area contributed by atoms with E-state index in [1.807, 2.05) is 12.3 Å². The fourth-order valence-corrected chi connectivity index (χ4v) is 3.05. The highest BCUT2D eigenvalue weighted by molar-refractivity contribution is 5.81. The van der Waals surface area contributed by atoms with Gasteiger partial charge in [-0.25, -0.2) is 0 Å². The molecule has 2 heterocycles. The first-order valence-electron chi connectivity index (χ1n) is 7.61. The Bertz CT molecular complexity index is 562. The van der Waals surface area contributed by atoms with Gasteiger partial charge in [-0.15, -0.1) is 0 Å². The normalized spacial score (nSPS) is 20.9. The lowest BCUT2D eigenvalue weighted by Crippen LogP contribution is -2.36. The molecular formula is C17H23N3. The first-order chi connectivity index (χ1) is 9.83. The third-order valence-electron chi connectivity index (χ3n) is 4.09. The highest BCUT2D eigenvalue weighted by Gasteiger charge is 2.14. The lowest BCUT2D eigenvalue weighted by Gasteiger charge is -2.22. The monoisotopic (exact) mass is 269 g/mol. The minimum Gasteiger partial charge on any atom is -0.313 e. The highest BCUT2D eigenvalue weighted by atomic mass is 15.2. The number of hydrogen-bond acceptors (Lipinski definition) is 3. The van der Waals surface area contributed by atoms with Gasteiger partial charge < -0.3 is 10.2 Å². The molecule has 20 heavy (non-hydrogen) atoms. The van der Waals surface area contributed by atoms with E-state index in [2.05, 4.69) is 46.4 Å². The quantitative estimate of drug-likeness (QED) is 0.928. The van der Waals surface area contributed by atoms with Crippen molar-refractivity contribution in [1.82, 2.24) is 15.2 Å². The maximum absolute atomic E-state index is 4.55. The standard InChI is InChI=1S/C17H23N3/c1-14-13-20(11-4-10-18-14)12-8-16-6-2-5-15-7-3-9-19-17(15)16/h2-3,5-7,9,14,18H,4,8,10-13H2,1H3. The number of fused-ring (bicyclic) bond motifs is 1. The second-order valence-corrected chi connectivity index (χ2v) is 5.75. The molecule has 1 fully saturated rings. The van der Waals surface area contributed by atoms with E-state index in [4.69, 9.17) is 0 Å². The predicted octanol–water partition coefficient (Wildman–Crippen LogP) is 2.46. The number of pyridine rings is 1. The first kappa shape index (κ1) is 13.5. The van der Waals surface area contributed by atoms with Crippen molar-refractivity contribution < 1.29 is 0 Å². The van der Waals surface area contributed by atoms with Crippen LogP contribution in [0, 0.1) is 0 Å². The van der Waals surface area contributed by atoms with Gasteiger partial charge in [0.15, 0.2) is 0 Å². The van der Waals surface area contributed by atoms with E-state index >= 15 is 0 Å². The van der Waals surface area contributed by atoms with Gasteiger partial charge in [0.2, 0.25) is 0 Å². The van der Waals surface area contributed by atoms with E-state index in [-0.39, 0.29) is 0 Å². The van der Waals surface area contributed by atoms with E-state index < -0.39 is 0 Å². The Balaban J connectivity index is 1.70. The number of nitrogens with zero attached hydrogens (tertiary/aromatic N) is 2. The summed E-state index contributed by atoms with van der Waals surface area (Å²) < 4.78 is 0. The Labute approximate surface area is 121 Å². The van der Waals surface area contributed by atoms with Crippen molar-refractivity contribution in [3.8, 4) is 0 Å². The summed E-state index contributed by atoms with van der Waals surface area (Å²) in [7, 11) is 0. The summed E-state index contributed by atoms with van der Waals surface area (Å²) in [6, 6.07) is 11.3. The molecule has 1 aromatic carbocycles. The summed E-state index contributed by atoms with van der Waals surface area (Å²) in [6.07, 6.45) is 4.23. The molecule has 2 aromatic rings. The Morgan fingerprint density at radius 3 is 3.15 bits per heavy atom. The van der Waals surface area contributed by atoms with E-state index in [0.717, 1.165) is 31.6 Å². The zero-order valence-electron chi connectivity index (χ0n) is 12.2. The van der Waals surface area contributed by atoms with Crippen molar-refractivity contribution in [2.75, 3.05) is 26.2 Å². The van der Waals surface area contributed by atoms with E-state index in [0.29, 0.717) is 6.04 Å². The van der Waals surface area contributed by atoms with E-state index in [1.165, 1.54) is 23.9 Å². The SMILES string of the molecule is CC1CN(CCc2cccc3cccnc23)CCCN1. The van der Waals surface area contributed by atoms with Crippen molar-refractivity contribution >= 4 is 10.9 Å². The molecule has 106 valence electrons. The van der Waals surface area contributed by atoms with Crippen LogP contribution in [0.4, 0.5) is 0 Å². The summed E-state index contributed by atoms with van der Waals surface area (Å²) in [5, 5.41) is 4.79. The molecule has 1 aromatic heterocycles. The second-order valence-electron chi connectivity index (χ2n) is 5.75. The number of rotatable bonds is 3. The molecular weight excluding hydrogens is 246 g/mol. The topological polar surface area (TPSA) is 28.2 Å². The molecule has 3 rings (SSSR count). The van der Waals surface area contributed by atoms with Gasteiger partial charge in [0, 0.05) is 30.7 Å². The van der Waals surface area contributed by atoms with Crippen molar-refractivity contribution in [2.24, 2.45) is 0 Å². The van der Waals surface area contributed by atoms with Gasteiger partial charge in [0.05, 0.1) is 5.52 Å². The fraction of sp³-hybridized carbons (Fsp3) is 0.471. The van der Waals surface area contributed by atoms with Gasteiger partial charge in [0.1, 0.15) is 0 Å². The van der Waals surface area contributed by atoms with Crippen LogP contribution in [0.25, 0.3) is 10.9 Å². The minimum absolute atomic E-state index is 0.600. The summed E-state index contributed by atoms with van der Waals surface area (Å²) in [6.45, 7) is 6.90. The van der Waals surface area contributed by atoms with Crippen LogP contribution in [0.5, 0.6) is 0 Å². The maximum atomic E-state index is 4.55. The van der Waals surface area contributed by atoms with Gasteiger partial charge in [-0.3, -0.25) is 4.98 Å². The molecule has 0 saturated carbocycles. The van der Waals surface area contributed by atoms with Crippen LogP contribution in [0.15, 0.2) is 36.5 Å². The van der Waals surface area contributed by atoms with Gasteiger partial charge in [0.25, 0.3) is 0 Å². The lowest BCUT2D eigenvalue weighted by atomic mass is 10.1. The Morgan fingerprint density at radius 1 is 1.30 bits per heavy atom. The number of benzene rings is 1. The van der Waals surface area contributed by atoms with Crippen LogP contribution in [-0.4, -0.2) is 42.1 Å². The van der Waals surface area contributed by atoms with E-state index in [9.17, 15) is 0 Å². The molecule has 1 atom stereocenters. The molecule has 3 heteroatoms. The summed E-state index contributed by atoms with van der Waals surface area (Å²) in [4.78, 5) is 7.12. The number of nitrogens with one attached hydrogen (secondary N) is 1. The van der Waals surface area contributed by atoms with Gasteiger partial charge in [-0.1, -0.05) is 24.3 Å². The average molecular weight is 269 g/mol. The largest absolute Gasteiger partial charge is 0.313 e. The lowest BCUT2D eigenvalue weighted by molar-refractivity contribution is 0.276. The Hall–Kier alpha value is -1.45. The Kier molecular flexibility index (Phi) is 4.28. The predicted molar refractivity (Wildman–Crippen MR) is 84.0 cm³/mol. The fourth-order valence-electron chi connectivity index (χ4n) is 3.05. The van der Waals surface area contributed by atoms with Crippen LogP contribution in [0.2, 0.25) is 0 Å². The molecule has 0 spiro atoms. The molecule has 0 amide bonds.